The van der Waals surface area contributed by atoms with Crippen molar-refractivity contribution in [2.75, 3.05) is 0 Å². The van der Waals surface area contributed by atoms with E-state index in [1.807, 2.05) is 35.0 Å². The lowest BCUT2D eigenvalue weighted by molar-refractivity contribution is -0.118. The molecule has 2 N–H and O–H groups in total. The third-order valence-electron chi connectivity index (χ3n) is 2.60. The van der Waals surface area contributed by atoms with E-state index in [9.17, 15) is 4.79 Å². The largest absolute Gasteiger partial charge is 0.369 e. The minimum atomic E-state index is -0.438. The van der Waals surface area contributed by atoms with Gasteiger partial charge in [-0.05, 0) is 17.7 Å². The number of hydrogen-bond donors (Lipinski definition) is 1. The first-order valence-corrected chi connectivity index (χ1v) is 5.22. The van der Waals surface area contributed by atoms with Crippen LogP contribution in [-0.2, 0) is 4.79 Å². The maximum atomic E-state index is 11.2. The Hall–Kier alpha value is -2.36. The SMILES string of the molecule is C=CC(C(N)=O)c1ccc(-n2ccnc2)cc1. The summed E-state index contributed by atoms with van der Waals surface area (Å²) in [6, 6.07) is 7.56. The van der Waals surface area contributed by atoms with E-state index in [4.69, 9.17) is 5.73 Å². The zero-order valence-electron chi connectivity index (χ0n) is 9.28. The Balaban J connectivity index is 2.30. The molecular formula is C13H13N3O. The molecule has 0 aliphatic rings. The molecule has 0 saturated carbocycles. The summed E-state index contributed by atoms with van der Waals surface area (Å²) in [4.78, 5) is 15.2. The number of carbonyl (C=O) groups is 1. The zero-order chi connectivity index (χ0) is 12.3. The minimum absolute atomic E-state index is 0.393. The lowest BCUT2D eigenvalue weighted by Gasteiger charge is -2.09. The number of benzene rings is 1. The molecule has 0 bridgehead atoms. The van der Waals surface area contributed by atoms with E-state index < -0.39 is 11.8 Å². The van der Waals surface area contributed by atoms with Gasteiger partial charge < -0.3 is 10.3 Å². The number of nitrogens with two attached hydrogens (primary N) is 1. The molecule has 4 heteroatoms. The van der Waals surface area contributed by atoms with Gasteiger partial charge in [-0.3, -0.25) is 4.79 Å². The summed E-state index contributed by atoms with van der Waals surface area (Å²) < 4.78 is 1.89. The Morgan fingerprint density at radius 2 is 2.12 bits per heavy atom. The molecule has 1 aromatic heterocycles. The van der Waals surface area contributed by atoms with E-state index in [1.54, 1.807) is 18.6 Å². The van der Waals surface area contributed by atoms with Gasteiger partial charge in [-0.1, -0.05) is 18.2 Å². The van der Waals surface area contributed by atoms with Crippen molar-refractivity contribution in [2.24, 2.45) is 5.73 Å². The average Bonchev–Trinajstić information content (AvgIpc) is 2.84. The summed E-state index contributed by atoms with van der Waals surface area (Å²) in [6.45, 7) is 3.61. The van der Waals surface area contributed by atoms with Crippen LogP contribution >= 0.6 is 0 Å². The molecule has 17 heavy (non-hydrogen) atoms. The Morgan fingerprint density at radius 1 is 1.41 bits per heavy atom. The van der Waals surface area contributed by atoms with Gasteiger partial charge in [0.1, 0.15) is 0 Å². The van der Waals surface area contributed by atoms with Crippen molar-refractivity contribution in [3.63, 3.8) is 0 Å². The van der Waals surface area contributed by atoms with Crippen LogP contribution in [0.2, 0.25) is 0 Å². The Labute approximate surface area is 99.4 Å². The highest BCUT2D eigenvalue weighted by molar-refractivity contribution is 5.83. The molecule has 0 spiro atoms. The van der Waals surface area contributed by atoms with E-state index in [2.05, 4.69) is 11.6 Å². The fourth-order valence-electron chi connectivity index (χ4n) is 1.68. The third-order valence-corrected chi connectivity index (χ3v) is 2.60. The minimum Gasteiger partial charge on any atom is -0.369 e. The Kier molecular flexibility index (Phi) is 3.05. The van der Waals surface area contributed by atoms with Crippen LogP contribution in [0.15, 0.2) is 55.6 Å². The molecule has 0 aliphatic heterocycles. The molecule has 4 nitrogen and oxygen atoms in total. The van der Waals surface area contributed by atoms with Crippen LogP contribution in [0.3, 0.4) is 0 Å². The van der Waals surface area contributed by atoms with Gasteiger partial charge in [0.25, 0.3) is 0 Å². The van der Waals surface area contributed by atoms with E-state index in [-0.39, 0.29) is 0 Å². The highest BCUT2D eigenvalue weighted by Crippen LogP contribution is 2.18. The number of hydrogen-bond acceptors (Lipinski definition) is 2. The second-order valence-corrected chi connectivity index (χ2v) is 3.68. The summed E-state index contributed by atoms with van der Waals surface area (Å²) in [5.41, 5.74) is 7.12. The first-order chi connectivity index (χ1) is 8.22. The summed E-state index contributed by atoms with van der Waals surface area (Å²) in [6.07, 6.45) is 6.83. The topological polar surface area (TPSA) is 60.9 Å². The molecule has 0 fully saturated rings. The van der Waals surface area contributed by atoms with Crippen molar-refractivity contribution in [3.8, 4) is 5.69 Å². The van der Waals surface area contributed by atoms with Crippen molar-refractivity contribution in [3.05, 3.63) is 61.2 Å². The van der Waals surface area contributed by atoms with Gasteiger partial charge >= 0.3 is 0 Å². The van der Waals surface area contributed by atoms with Gasteiger partial charge in [-0.2, -0.15) is 0 Å². The smallest absolute Gasteiger partial charge is 0.228 e. The number of imidazole rings is 1. The Bertz CT molecular complexity index is 514. The molecule has 1 atom stereocenters. The highest BCUT2D eigenvalue weighted by Gasteiger charge is 2.13. The number of carbonyl (C=O) groups excluding carboxylic acids is 1. The van der Waals surface area contributed by atoms with Crippen LogP contribution in [0.25, 0.3) is 5.69 Å². The number of amides is 1. The predicted octanol–water partition coefficient (Wildman–Crippen LogP) is 1.63. The second-order valence-electron chi connectivity index (χ2n) is 3.68. The van der Waals surface area contributed by atoms with Crippen LogP contribution in [0.5, 0.6) is 0 Å². The first-order valence-electron chi connectivity index (χ1n) is 5.22. The number of nitrogens with zero attached hydrogens (tertiary/aromatic N) is 2. The maximum Gasteiger partial charge on any atom is 0.228 e. The van der Waals surface area contributed by atoms with Crippen LogP contribution in [0, 0.1) is 0 Å². The van der Waals surface area contributed by atoms with Crippen LogP contribution in [0.1, 0.15) is 11.5 Å². The zero-order valence-corrected chi connectivity index (χ0v) is 9.28. The molecule has 0 radical (unpaired) electrons. The van der Waals surface area contributed by atoms with E-state index >= 15 is 0 Å². The van der Waals surface area contributed by atoms with Crippen molar-refractivity contribution in [1.82, 2.24) is 9.55 Å². The third kappa shape index (κ3) is 2.25. The van der Waals surface area contributed by atoms with Gasteiger partial charge in [-0.15, -0.1) is 6.58 Å². The summed E-state index contributed by atoms with van der Waals surface area (Å²) in [5, 5.41) is 0. The fraction of sp³-hybridized carbons (Fsp3) is 0.0769. The molecule has 2 rings (SSSR count). The van der Waals surface area contributed by atoms with Gasteiger partial charge in [0, 0.05) is 18.1 Å². The van der Waals surface area contributed by atoms with Crippen molar-refractivity contribution in [2.45, 2.75) is 5.92 Å². The molecule has 2 aromatic rings. The van der Waals surface area contributed by atoms with E-state index in [0.717, 1.165) is 11.3 Å². The van der Waals surface area contributed by atoms with Gasteiger partial charge in [0.05, 0.1) is 12.2 Å². The lowest BCUT2D eigenvalue weighted by atomic mass is 9.98. The van der Waals surface area contributed by atoms with Crippen LogP contribution in [0.4, 0.5) is 0 Å². The van der Waals surface area contributed by atoms with Crippen molar-refractivity contribution >= 4 is 5.91 Å². The molecule has 0 saturated heterocycles. The molecule has 1 amide bonds. The number of aromatic nitrogens is 2. The van der Waals surface area contributed by atoms with Crippen molar-refractivity contribution in [1.29, 1.82) is 0 Å². The van der Waals surface area contributed by atoms with Crippen molar-refractivity contribution < 1.29 is 4.79 Å². The van der Waals surface area contributed by atoms with Gasteiger partial charge in [0.2, 0.25) is 5.91 Å². The lowest BCUT2D eigenvalue weighted by Crippen LogP contribution is -2.19. The molecule has 1 aromatic carbocycles. The Morgan fingerprint density at radius 3 is 2.59 bits per heavy atom. The predicted molar refractivity (Wildman–Crippen MR) is 65.7 cm³/mol. The summed E-state index contributed by atoms with van der Waals surface area (Å²) >= 11 is 0. The molecule has 1 heterocycles. The van der Waals surface area contributed by atoms with Gasteiger partial charge in [0.15, 0.2) is 0 Å². The number of rotatable bonds is 4. The molecule has 86 valence electrons. The second kappa shape index (κ2) is 4.65. The normalized spacial score (nSPS) is 12.0. The molecular weight excluding hydrogens is 214 g/mol. The van der Waals surface area contributed by atoms with Gasteiger partial charge in [-0.25, -0.2) is 4.98 Å². The fourth-order valence-corrected chi connectivity index (χ4v) is 1.68. The maximum absolute atomic E-state index is 11.2. The standard InChI is InChI=1S/C13H13N3O/c1-2-12(13(14)17)10-3-5-11(6-4-10)16-8-7-15-9-16/h2-9,12H,1H2,(H2,14,17). The van der Waals surface area contributed by atoms with Crippen LogP contribution in [-0.4, -0.2) is 15.5 Å². The van der Waals surface area contributed by atoms with Crippen LogP contribution < -0.4 is 5.73 Å². The quantitative estimate of drug-likeness (QED) is 0.807. The van der Waals surface area contributed by atoms with E-state index in [1.165, 1.54) is 0 Å². The average molecular weight is 227 g/mol. The monoisotopic (exact) mass is 227 g/mol. The molecule has 1 unspecified atom stereocenters. The van der Waals surface area contributed by atoms with E-state index in [0.29, 0.717) is 0 Å². The first kappa shape index (κ1) is 11.1. The summed E-state index contributed by atoms with van der Waals surface area (Å²) in [7, 11) is 0. The molecule has 0 aliphatic carbocycles. The highest BCUT2D eigenvalue weighted by atomic mass is 16.1. The number of primary amides is 1. The summed E-state index contributed by atoms with van der Waals surface area (Å²) in [5.74, 6) is -0.831.